The number of nitrogens with zero attached hydrogens (tertiary/aromatic N) is 2. The number of anilines is 1. The molecule has 0 aliphatic heterocycles. The molecule has 0 radical (unpaired) electrons. The fourth-order valence-electron chi connectivity index (χ4n) is 1.32. The van der Waals surface area contributed by atoms with Crippen molar-refractivity contribution in [3.05, 3.63) is 52.7 Å². The number of halogens is 2. The molecule has 0 saturated heterocycles. The van der Waals surface area contributed by atoms with Crippen LogP contribution in [0.25, 0.3) is 0 Å². The van der Waals surface area contributed by atoms with Gasteiger partial charge in [0.2, 0.25) is 0 Å². The van der Waals surface area contributed by atoms with Crippen molar-refractivity contribution >= 4 is 23.3 Å². The van der Waals surface area contributed by atoms with Crippen LogP contribution in [0.4, 0.5) is 10.2 Å². The third-order valence-electron chi connectivity index (χ3n) is 2.31. The van der Waals surface area contributed by atoms with E-state index in [1.807, 2.05) is 0 Å². The summed E-state index contributed by atoms with van der Waals surface area (Å²) in [7, 11) is 0. The highest BCUT2D eigenvalue weighted by atomic mass is 35.5. The van der Waals surface area contributed by atoms with Crippen molar-refractivity contribution in [3.8, 4) is 0 Å². The third kappa shape index (κ3) is 2.81. The molecule has 0 fully saturated rings. The number of hydrogen-bond acceptors (Lipinski definition) is 3. The van der Waals surface area contributed by atoms with Gasteiger partial charge in [0.05, 0.1) is 0 Å². The van der Waals surface area contributed by atoms with Gasteiger partial charge in [-0.1, -0.05) is 17.7 Å². The summed E-state index contributed by atoms with van der Waals surface area (Å²) in [5, 5.41) is 2.72. The Balaban J connectivity index is 2.19. The fourth-order valence-corrected chi connectivity index (χ4v) is 1.47. The summed E-state index contributed by atoms with van der Waals surface area (Å²) < 4.78 is 13.3. The van der Waals surface area contributed by atoms with E-state index in [-0.39, 0.29) is 16.5 Å². The quantitative estimate of drug-likeness (QED) is 0.850. The predicted octanol–water partition coefficient (Wildman–Crippen LogP) is 2.83. The van der Waals surface area contributed by atoms with Crippen LogP contribution in [-0.2, 0) is 0 Å². The first-order chi connectivity index (χ1) is 8.56. The molecule has 2 rings (SSSR count). The van der Waals surface area contributed by atoms with Gasteiger partial charge in [-0.2, -0.15) is 0 Å². The average molecular weight is 266 g/mol. The van der Waals surface area contributed by atoms with E-state index in [1.165, 1.54) is 30.6 Å². The second-order valence-corrected chi connectivity index (χ2v) is 4.03. The lowest BCUT2D eigenvalue weighted by Crippen LogP contribution is -2.13. The van der Waals surface area contributed by atoms with Gasteiger partial charge in [0, 0.05) is 11.6 Å². The number of amides is 1. The van der Waals surface area contributed by atoms with Gasteiger partial charge in [-0.05, 0) is 24.6 Å². The summed E-state index contributed by atoms with van der Waals surface area (Å²) in [5.41, 5.74) is 0.699. The summed E-state index contributed by atoms with van der Waals surface area (Å²) in [6, 6.07) is 5.66. The molecule has 0 unspecified atom stereocenters. The van der Waals surface area contributed by atoms with Gasteiger partial charge in [0.15, 0.2) is 0 Å². The smallest absolute Gasteiger partial charge is 0.256 e. The maximum atomic E-state index is 13.3. The lowest BCUT2D eigenvalue weighted by atomic mass is 10.1. The molecule has 92 valence electrons. The Morgan fingerprint density at radius 1 is 1.33 bits per heavy atom. The van der Waals surface area contributed by atoms with Crippen LogP contribution in [0.2, 0.25) is 5.15 Å². The van der Waals surface area contributed by atoms with Crippen molar-refractivity contribution in [1.82, 2.24) is 9.97 Å². The van der Waals surface area contributed by atoms with Crippen molar-refractivity contribution in [1.29, 1.82) is 0 Å². The standard InChI is InChI=1S/C12H9ClFN3O/c1-7-2-3-8(4-9(7)14)12(18)17-11-5-10(13)15-6-16-11/h2-6H,1H3,(H,15,16,17,18). The van der Waals surface area contributed by atoms with Crippen molar-refractivity contribution in [2.75, 3.05) is 5.32 Å². The number of aryl methyl sites for hydroxylation is 1. The molecular weight excluding hydrogens is 257 g/mol. The summed E-state index contributed by atoms with van der Waals surface area (Å²) in [5.74, 6) is -0.618. The van der Waals surface area contributed by atoms with Crippen LogP contribution in [0, 0.1) is 12.7 Å². The van der Waals surface area contributed by atoms with Crippen LogP contribution in [0.3, 0.4) is 0 Å². The second kappa shape index (κ2) is 5.10. The zero-order valence-corrected chi connectivity index (χ0v) is 10.2. The molecule has 4 nitrogen and oxygen atoms in total. The molecule has 0 spiro atoms. The second-order valence-electron chi connectivity index (χ2n) is 3.64. The normalized spacial score (nSPS) is 10.2. The first-order valence-corrected chi connectivity index (χ1v) is 5.49. The zero-order chi connectivity index (χ0) is 13.1. The molecule has 0 bridgehead atoms. The highest BCUT2D eigenvalue weighted by molar-refractivity contribution is 6.29. The Bertz CT molecular complexity index is 604. The predicted molar refractivity (Wildman–Crippen MR) is 66.1 cm³/mol. The molecule has 0 saturated carbocycles. The summed E-state index contributed by atoms with van der Waals surface area (Å²) in [6.07, 6.45) is 1.23. The number of carbonyl (C=O) groups is 1. The van der Waals surface area contributed by atoms with Crippen LogP contribution in [0.1, 0.15) is 15.9 Å². The minimum atomic E-state index is -0.455. The van der Waals surface area contributed by atoms with E-state index in [1.54, 1.807) is 6.92 Å². The number of hydrogen-bond donors (Lipinski definition) is 1. The molecule has 1 heterocycles. The van der Waals surface area contributed by atoms with Crippen molar-refractivity contribution < 1.29 is 9.18 Å². The average Bonchev–Trinajstić information content (AvgIpc) is 2.32. The largest absolute Gasteiger partial charge is 0.306 e. The molecule has 0 atom stereocenters. The Morgan fingerprint density at radius 2 is 2.11 bits per heavy atom. The lowest BCUT2D eigenvalue weighted by Gasteiger charge is -2.05. The van der Waals surface area contributed by atoms with Crippen molar-refractivity contribution in [2.24, 2.45) is 0 Å². The minimum absolute atomic E-state index is 0.216. The zero-order valence-electron chi connectivity index (χ0n) is 9.45. The number of benzene rings is 1. The molecule has 1 N–H and O–H groups in total. The molecule has 0 aliphatic carbocycles. The van der Waals surface area contributed by atoms with Gasteiger partial charge in [-0.25, -0.2) is 14.4 Å². The van der Waals surface area contributed by atoms with Crippen LogP contribution in [-0.4, -0.2) is 15.9 Å². The third-order valence-corrected chi connectivity index (χ3v) is 2.52. The molecule has 6 heteroatoms. The molecule has 1 aromatic carbocycles. The number of rotatable bonds is 2. The molecule has 1 amide bonds. The maximum Gasteiger partial charge on any atom is 0.256 e. The summed E-state index contributed by atoms with van der Waals surface area (Å²) >= 11 is 5.66. The van der Waals surface area contributed by atoms with Gasteiger partial charge < -0.3 is 5.32 Å². The molecule has 2 aromatic rings. The summed E-state index contributed by atoms with van der Waals surface area (Å²) in [6.45, 7) is 1.63. The molecule has 1 aromatic heterocycles. The van der Waals surface area contributed by atoms with Crippen molar-refractivity contribution in [3.63, 3.8) is 0 Å². The first-order valence-electron chi connectivity index (χ1n) is 5.11. The van der Waals surface area contributed by atoms with E-state index in [2.05, 4.69) is 15.3 Å². The van der Waals surface area contributed by atoms with E-state index in [9.17, 15) is 9.18 Å². The topological polar surface area (TPSA) is 54.9 Å². The van der Waals surface area contributed by atoms with Gasteiger partial charge in [-0.15, -0.1) is 0 Å². The Morgan fingerprint density at radius 3 is 2.78 bits per heavy atom. The Labute approximate surface area is 108 Å². The van der Waals surface area contributed by atoms with E-state index in [4.69, 9.17) is 11.6 Å². The van der Waals surface area contributed by atoms with E-state index in [0.717, 1.165) is 0 Å². The SMILES string of the molecule is Cc1ccc(C(=O)Nc2cc(Cl)ncn2)cc1F. The van der Waals surface area contributed by atoms with E-state index >= 15 is 0 Å². The maximum absolute atomic E-state index is 13.3. The number of aromatic nitrogens is 2. The Kier molecular flexibility index (Phi) is 3.53. The van der Waals surface area contributed by atoms with Gasteiger partial charge in [0.25, 0.3) is 5.91 Å². The molecular formula is C12H9ClFN3O. The fraction of sp³-hybridized carbons (Fsp3) is 0.0833. The van der Waals surface area contributed by atoms with Crippen molar-refractivity contribution in [2.45, 2.75) is 6.92 Å². The van der Waals surface area contributed by atoms with Gasteiger partial charge in [-0.3, -0.25) is 4.79 Å². The molecule has 0 aliphatic rings. The van der Waals surface area contributed by atoms with Crippen LogP contribution in [0.5, 0.6) is 0 Å². The summed E-state index contributed by atoms with van der Waals surface area (Å²) in [4.78, 5) is 19.3. The van der Waals surface area contributed by atoms with Gasteiger partial charge >= 0.3 is 0 Å². The first kappa shape index (κ1) is 12.4. The highest BCUT2D eigenvalue weighted by Crippen LogP contribution is 2.13. The number of carbonyl (C=O) groups excluding carboxylic acids is 1. The van der Waals surface area contributed by atoms with E-state index < -0.39 is 11.7 Å². The van der Waals surface area contributed by atoms with Crippen LogP contribution < -0.4 is 5.32 Å². The van der Waals surface area contributed by atoms with E-state index in [0.29, 0.717) is 5.56 Å². The lowest BCUT2D eigenvalue weighted by molar-refractivity contribution is 0.102. The molecule has 18 heavy (non-hydrogen) atoms. The minimum Gasteiger partial charge on any atom is -0.306 e. The van der Waals surface area contributed by atoms with Crippen LogP contribution in [0.15, 0.2) is 30.6 Å². The highest BCUT2D eigenvalue weighted by Gasteiger charge is 2.09. The number of nitrogens with one attached hydrogen (secondary N) is 1. The van der Waals surface area contributed by atoms with Crippen LogP contribution >= 0.6 is 11.6 Å². The van der Waals surface area contributed by atoms with Gasteiger partial charge in [0.1, 0.15) is 23.1 Å². The monoisotopic (exact) mass is 265 g/mol. The Hall–Kier alpha value is -2.01.